The molecular formula is C14H18N2O3S2. The lowest BCUT2D eigenvalue weighted by Gasteiger charge is -2.19. The Morgan fingerprint density at radius 2 is 2.19 bits per heavy atom. The highest BCUT2D eigenvalue weighted by Gasteiger charge is 2.39. The van der Waals surface area contributed by atoms with Gasteiger partial charge in [0.2, 0.25) is 5.09 Å². The molecule has 0 radical (unpaired) electrons. The van der Waals surface area contributed by atoms with E-state index in [1.807, 2.05) is 16.8 Å². The molecule has 1 saturated carbocycles. The molecule has 2 aromatic heterocycles. The van der Waals surface area contributed by atoms with Crippen molar-refractivity contribution in [2.45, 2.75) is 37.1 Å². The molecule has 114 valence electrons. The van der Waals surface area contributed by atoms with Gasteiger partial charge in [-0.15, -0.1) is 0 Å². The first-order chi connectivity index (χ1) is 10.1. The van der Waals surface area contributed by atoms with E-state index >= 15 is 0 Å². The summed E-state index contributed by atoms with van der Waals surface area (Å²) in [7, 11) is -1.77. The highest BCUT2D eigenvalue weighted by molar-refractivity contribution is 7.89. The molecule has 0 spiro atoms. The lowest BCUT2D eigenvalue weighted by molar-refractivity contribution is 0.357. The number of rotatable bonds is 7. The Balaban J connectivity index is 1.85. The van der Waals surface area contributed by atoms with Crippen molar-refractivity contribution >= 4 is 21.4 Å². The Hall–Kier alpha value is -1.15. The maximum atomic E-state index is 12.8. The molecular weight excluding hydrogens is 308 g/mol. The Morgan fingerprint density at radius 3 is 2.81 bits per heavy atom. The minimum atomic E-state index is -3.57. The van der Waals surface area contributed by atoms with Gasteiger partial charge in [-0.2, -0.15) is 15.6 Å². The molecule has 0 bridgehead atoms. The molecule has 3 rings (SSSR count). The van der Waals surface area contributed by atoms with E-state index in [0.717, 1.165) is 18.4 Å². The molecule has 0 amide bonds. The van der Waals surface area contributed by atoms with Crippen LogP contribution in [0.5, 0.6) is 0 Å². The second-order valence-corrected chi connectivity index (χ2v) is 7.77. The molecule has 0 unspecified atom stereocenters. The fourth-order valence-corrected chi connectivity index (χ4v) is 4.48. The summed E-state index contributed by atoms with van der Waals surface area (Å²) in [5.41, 5.74) is 1.03. The van der Waals surface area contributed by atoms with Crippen LogP contribution in [0.3, 0.4) is 0 Å². The molecule has 0 aromatic carbocycles. The third-order valence-electron chi connectivity index (χ3n) is 3.42. The first-order valence-electron chi connectivity index (χ1n) is 6.87. The number of thiophene rings is 1. The molecule has 1 aliphatic rings. The van der Waals surface area contributed by atoms with E-state index in [4.69, 9.17) is 4.42 Å². The molecule has 5 nitrogen and oxygen atoms in total. The highest BCUT2D eigenvalue weighted by Crippen LogP contribution is 2.34. The molecule has 21 heavy (non-hydrogen) atoms. The first kappa shape index (κ1) is 14.8. The SMILES string of the molecule is CNCc1ccc(S(=O)(=O)N(Cc2ccsc2)C2CC2)o1. The molecule has 2 heterocycles. The average molecular weight is 326 g/mol. The largest absolute Gasteiger partial charge is 0.447 e. The maximum Gasteiger partial charge on any atom is 0.277 e. The minimum absolute atomic E-state index is 0.0369. The predicted molar refractivity (Wildman–Crippen MR) is 81.5 cm³/mol. The van der Waals surface area contributed by atoms with Gasteiger partial charge >= 0.3 is 0 Å². The van der Waals surface area contributed by atoms with Crippen molar-refractivity contribution in [2.24, 2.45) is 0 Å². The normalized spacial score (nSPS) is 15.7. The van der Waals surface area contributed by atoms with E-state index in [-0.39, 0.29) is 11.1 Å². The quantitative estimate of drug-likeness (QED) is 0.849. The summed E-state index contributed by atoms with van der Waals surface area (Å²) in [6.07, 6.45) is 1.85. The van der Waals surface area contributed by atoms with Gasteiger partial charge in [-0.05, 0) is 54.4 Å². The summed E-state index contributed by atoms with van der Waals surface area (Å²) in [6.45, 7) is 0.933. The van der Waals surface area contributed by atoms with E-state index in [9.17, 15) is 8.42 Å². The number of hydrogen-bond donors (Lipinski definition) is 1. The Kier molecular flexibility index (Phi) is 4.17. The zero-order valence-corrected chi connectivity index (χ0v) is 13.4. The van der Waals surface area contributed by atoms with Gasteiger partial charge in [0.05, 0.1) is 6.54 Å². The van der Waals surface area contributed by atoms with Crippen molar-refractivity contribution in [1.82, 2.24) is 9.62 Å². The highest BCUT2D eigenvalue weighted by atomic mass is 32.2. The number of nitrogens with one attached hydrogen (secondary N) is 1. The van der Waals surface area contributed by atoms with Crippen LogP contribution in [0.1, 0.15) is 24.2 Å². The van der Waals surface area contributed by atoms with E-state index < -0.39 is 10.0 Å². The van der Waals surface area contributed by atoms with Gasteiger partial charge < -0.3 is 9.73 Å². The van der Waals surface area contributed by atoms with Crippen LogP contribution in [-0.4, -0.2) is 25.8 Å². The average Bonchev–Trinajstić information content (AvgIpc) is 2.96. The standard InChI is InChI=1S/C14H18N2O3S2/c1-15-8-13-4-5-14(19-13)21(17,18)16(12-2-3-12)9-11-6-7-20-10-11/h4-7,10,12,15H,2-3,8-9H2,1H3. The van der Waals surface area contributed by atoms with E-state index in [2.05, 4.69) is 5.32 Å². The van der Waals surface area contributed by atoms with Crippen LogP contribution in [-0.2, 0) is 23.1 Å². The van der Waals surface area contributed by atoms with Crippen LogP contribution in [0.25, 0.3) is 0 Å². The number of furan rings is 1. The molecule has 0 aliphatic heterocycles. The third kappa shape index (κ3) is 3.21. The van der Waals surface area contributed by atoms with Gasteiger partial charge in [-0.1, -0.05) is 0 Å². The van der Waals surface area contributed by atoms with Crippen molar-refractivity contribution in [1.29, 1.82) is 0 Å². The summed E-state index contributed by atoms with van der Waals surface area (Å²) in [4.78, 5) is 0. The summed E-state index contributed by atoms with van der Waals surface area (Å²) in [5, 5.41) is 6.93. The van der Waals surface area contributed by atoms with Crippen LogP contribution in [0.15, 0.2) is 38.5 Å². The van der Waals surface area contributed by atoms with Crippen molar-refractivity contribution in [3.05, 3.63) is 40.3 Å². The van der Waals surface area contributed by atoms with E-state index in [0.29, 0.717) is 18.8 Å². The van der Waals surface area contributed by atoms with Crippen LogP contribution in [0.2, 0.25) is 0 Å². The number of hydrogen-bond acceptors (Lipinski definition) is 5. The van der Waals surface area contributed by atoms with Gasteiger partial charge in [0.15, 0.2) is 0 Å². The van der Waals surface area contributed by atoms with Crippen molar-refractivity contribution in [2.75, 3.05) is 7.05 Å². The minimum Gasteiger partial charge on any atom is -0.447 e. The lowest BCUT2D eigenvalue weighted by Crippen LogP contribution is -2.32. The van der Waals surface area contributed by atoms with E-state index in [1.54, 1.807) is 34.8 Å². The molecule has 7 heteroatoms. The summed E-state index contributed by atoms with van der Waals surface area (Å²) < 4.78 is 32.6. The predicted octanol–water partition coefficient (Wildman–Crippen LogP) is 2.41. The molecule has 1 N–H and O–H groups in total. The smallest absolute Gasteiger partial charge is 0.277 e. The van der Waals surface area contributed by atoms with Crippen LogP contribution >= 0.6 is 11.3 Å². The van der Waals surface area contributed by atoms with Crippen molar-refractivity contribution in [3.8, 4) is 0 Å². The van der Waals surface area contributed by atoms with Gasteiger partial charge in [0, 0.05) is 12.6 Å². The molecule has 1 fully saturated rings. The Morgan fingerprint density at radius 1 is 1.38 bits per heavy atom. The van der Waals surface area contributed by atoms with Crippen LogP contribution in [0.4, 0.5) is 0 Å². The second kappa shape index (κ2) is 5.92. The van der Waals surface area contributed by atoms with Crippen molar-refractivity contribution in [3.63, 3.8) is 0 Å². The fourth-order valence-electron chi connectivity index (χ4n) is 2.22. The molecule has 1 aliphatic carbocycles. The van der Waals surface area contributed by atoms with Crippen LogP contribution < -0.4 is 5.32 Å². The number of nitrogens with zero attached hydrogens (tertiary/aromatic N) is 1. The molecule has 0 saturated heterocycles. The zero-order chi connectivity index (χ0) is 14.9. The lowest BCUT2D eigenvalue weighted by atomic mass is 10.3. The van der Waals surface area contributed by atoms with Gasteiger partial charge in [0.25, 0.3) is 10.0 Å². The Bertz CT molecular complexity index is 688. The topological polar surface area (TPSA) is 62.6 Å². The monoisotopic (exact) mass is 326 g/mol. The third-order valence-corrected chi connectivity index (χ3v) is 5.93. The second-order valence-electron chi connectivity index (χ2n) is 5.16. The summed E-state index contributed by atoms with van der Waals surface area (Å²) in [6, 6.07) is 5.32. The summed E-state index contributed by atoms with van der Waals surface area (Å²) in [5.74, 6) is 0.627. The van der Waals surface area contributed by atoms with Gasteiger partial charge in [-0.3, -0.25) is 0 Å². The van der Waals surface area contributed by atoms with Gasteiger partial charge in [0.1, 0.15) is 5.76 Å². The first-order valence-corrected chi connectivity index (χ1v) is 9.26. The van der Waals surface area contributed by atoms with Crippen molar-refractivity contribution < 1.29 is 12.8 Å². The molecule has 0 atom stereocenters. The number of sulfonamides is 1. The maximum absolute atomic E-state index is 12.8. The van der Waals surface area contributed by atoms with Gasteiger partial charge in [-0.25, -0.2) is 8.42 Å². The molecule has 2 aromatic rings. The summed E-state index contributed by atoms with van der Waals surface area (Å²) >= 11 is 1.58. The Labute approximate surface area is 128 Å². The fraction of sp³-hybridized carbons (Fsp3) is 0.429. The van der Waals surface area contributed by atoms with Crippen LogP contribution in [0, 0.1) is 0 Å². The van der Waals surface area contributed by atoms with E-state index in [1.165, 1.54) is 0 Å². The zero-order valence-electron chi connectivity index (χ0n) is 11.8.